The number of rotatable bonds is 6. The predicted octanol–water partition coefficient (Wildman–Crippen LogP) is 2.53. The summed E-state index contributed by atoms with van der Waals surface area (Å²) in [5.41, 5.74) is 0. The van der Waals surface area contributed by atoms with Crippen LogP contribution in [0.15, 0.2) is 24.3 Å². The first-order chi connectivity index (χ1) is 10.2. The smallest absolute Gasteiger partial charge is 0.225 e. The van der Waals surface area contributed by atoms with Gasteiger partial charge < -0.3 is 14.8 Å². The van der Waals surface area contributed by atoms with Gasteiger partial charge in [-0.2, -0.15) is 0 Å². The van der Waals surface area contributed by atoms with Gasteiger partial charge in [0.2, 0.25) is 5.91 Å². The predicted molar refractivity (Wildman–Crippen MR) is 77.7 cm³/mol. The minimum absolute atomic E-state index is 0.0102. The van der Waals surface area contributed by atoms with Crippen LogP contribution in [0.25, 0.3) is 0 Å². The van der Waals surface area contributed by atoms with Gasteiger partial charge in [-0.05, 0) is 31.4 Å². The summed E-state index contributed by atoms with van der Waals surface area (Å²) in [7, 11) is 0. The molecule has 1 aromatic rings. The molecule has 0 saturated carbocycles. The number of carbonyl (C=O) groups is 1. The normalized spacial score (nSPS) is 19.8. The van der Waals surface area contributed by atoms with Gasteiger partial charge in [-0.1, -0.05) is 13.0 Å². The van der Waals surface area contributed by atoms with E-state index in [9.17, 15) is 9.18 Å². The molecule has 1 aromatic carbocycles. The maximum atomic E-state index is 13.1. The van der Waals surface area contributed by atoms with Crippen LogP contribution >= 0.6 is 0 Å². The first-order valence-electron chi connectivity index (χ1n) is 7.46. The third-order valence-corrected chi connectivity index (χ3v) is 3.59. The second kappa shape index (κ2) is 7.98. The van der Waals surface area contributed by atoms with E-state index >= 15 is 0 Å². The molecule has 2 atom stereocenters. The molecule has 1 heterocycles. The zero-order valence-corrected chi connectivity index (χ0v) is 12.3. The molecule has 1 saturated heterocycles. The molecule has 0 aliphatic carbocycles. The molecular weight excluding hydrogens is 273 g/mol. The van der Waals surface area contributed by atoms with Crippen molar-refractivity contribution in [3.8, 4) is 5.75 Å². The molecule has 1 aliphatic heterocycles. The van der Waals surface area contributed by atoms with E-state index in [0.717, 1.165) is 25.9 Å². The van der Waals surface area contributed by atoms with Crippen LogP contribution < -0.4 is 10.1 Å². The average molecular weight is 295 g/mol. The molecule has 1 amide bonds. The summed E-state index contributed by atoms with van der Waals surface area (Å²) in [5, 5.41) is 2.90. The van der Waals surface area contributed by atoms with Crippen LogP contribution in [0.2, 0.25) is 0 Å². The van der Waals surface area contributed by atoms with E-state index in [1.807, 2.05) is 6.92 Å². The lowest BCUT2D eigenvalue weighted by Gasteiger charge is -2.23. The van der Waals surface area contributed by atoms with Crippen molar-refractivity contribution in [2.45, 2.75) is 32.3 Å². The maximum absolute atomic E-state index is 13.1. The molecule has 1 N–H and O–H groups in total. The fourth-order valence-electron chi connectivity index (χ4n) is 2.31. The van der Waals surface area contributed by atoms with Gasteiger partial charge in [0.1, 0.15) is 17.7 Å². The highest BCUT2D eigenvalue weighted by atomic mass is 19.1. The van der Waals surface area contributed by atoms with Crippen LogP contribution in [0, 0.1) is 11.7 Å². The lowest BCUT2D eigenvalue weighted by molar-refractivity contribution is -0.129. The van der Waals surface area contributed by atoms with Gasteiger partial charge >= 0.3 is 0 Å². The third-order valence-electron chi connectivity index (χ3n) is 3.59. The molecule has 5 heteroatoms. The topological polar surface area (TPSA) is 47.6 Å². The standard InChI is InChI=1S/C16H22FNO3/c1-2-14(21-15-7-3-6-13(17)9-15)10-18-16(19)12-5-4-8-20-11-12/h3,6-7,9,12,14H,2,4-5,8,10-11H2,1H3,(H,18,19)/t12-,14-/m1/s1. The van der Waals surface area contributed by atoms with Crippen LogP contribution in [0.4, 0.5) is 4.39 Å². The summed E-state index contributed by atoms with van der Waals surface area (Å²) < 4.78 is 24.1. The van der Waals surface area contributed by atoms with Gasteiger partial charge in [0.05, 0.1) is 19.1 Å². The average Bonchev–Trinajstić information content (AvgIpc) is 2.52. The largest absolute Gasteiger partial charge is 0.489 e. The van der Waals surface area contributed by atoms with Gasteiger partial charge in [-0.3, -0.25) is 4.79 Å². The lowest BCUT2D eigenvalue weighted by atomic mass is 10.0. The van der Waals surface area contributed by atoms with Gasteiger partial charge in [0, 0.05) is 12.7 Å². The summed E-state index contributed by atoms with van der Waals surface area (Å²) in [6, 6.07) is 6.04. The summed E-state index contributed by atoms with van der Waals surface area (Å²) in [6.07, 6.45) is 2.36. The van der Waals surface area contributed by atoms with Crippen molar-refractivity contribution in [2.75, 3.05) is 19.8 Å². The van der Waals surface area contributed by atoms with Crippen molar-refractivity contribution < 1.29 is 18.7 Å². The number of carbonyl (C=O) groups excluding carboxylic acids is 1. The molecule has 4 nitrogen and oxygen atoms in total. The van der Waals surface area contributed by atoms with Gasteiger partial charge in [0.25, 0.3) is 0 Å². The number of halogens is 1. The van der Waals surface area contributed by atoms with Crippen LogP contribution in [-0.4, -0.2) is 31.8 Å². The fraction of sp³-hybridized carbons (Fsp3) is 0.562. The molecule has 1 fully saturated rings. The zero-order valence-electron chi connectivity index (χ0n) is 12.3. The van der Waals surface area contributed by atoms with E-state index in [0.29, 0.717) is 18.9 Å². The van der Waals surface area contributed by atoms with E-state index < -0.39 is 0 Å². The Balaban J connectivity index is 1.80. The van der Waals surface area contributed by atoms with Crippen molar-refractivity contribution in [3.63, 3.8) is 0 Å². The first-order valence-corrected chi connectivity index (χ1v) is 7.46. The number of benzene rings is 1. The Hall–Kier alpha value is -1.62. The summed E-state index contributed by atoms with van der Waals surface area (Å²) in [6.45, 7) is 3.62. The van der Waals surface area contributed by atoms with Crippen molar-refractivity contribution >= 4 is 5.91 Å². The second-order valence-electron chi connectivity index (χ2n) is 5.26. The van der Waals surface area contributed by atoms with Gasteiger partial charge in [0.15, 0.2) is 0 Å². The Morgan fingerprint density at radius 1 is 1.57 bits per heavy atom. The minimum atomic E-state index is -0.328. The highest BCUT2D eigenvalue weighted by molar-refractivity contribution is 5.78. The molecule has 0 radical (unpaired) electrons. The highest BCUT2D eigenvalue weighted by Gasteiger charge is 2.22. The second-order valence-corrected chi connectivity index (χ2v) is 5.26. The minimum Gasteiger partial charge on any atom is -0.489 e. The van der Waals surface area contributed by atoms with Crippen molar-refractivity contribution in [1.29, 1.82) is 0 Å². The van der Waals surface area contributed by atoms with Gasteiger partial charge in [-0.15, -0.1) is 0 Å². The SMILES string of the molecule is CC[C@H](CNC(=O)[C@@H]1CCCOC1)Oc1cccc(F)c1. The highest BCUT2D eigenvalue weighted by Crippen LogP contribution is 2.16. The van der Waals surface area contributed by atoms with E-state index in [4.69, 9.17) is 9.47 Å². The Morgan fingerprint density at radius 3 is 3.10 bits per heavy atom. The van der Waals surface area contributed by atoms with E-state index in [2.05, 4.69) is 5.32 Å². The monoisotopic (exact) mass is 295 g/mol. The molecule has 0 unspecified atom stereocenters. The number of ether oxygens (including phenoxy) is 2. The first kappa shape index (κ1) is 15.8. The number of hydrogen-bond acceptors (Lipinski definition) is 3. The molecule has 2 rings (SSSR count). The molecule has 21 heavy (non-hydrogen) atoms. The Labute approximate surface area is 124 Å². The summed E-state index contributed by atoms with van der Waals surface area (Å²) >= 11 is 0. The Morgan fingerprint density at radius 2 is 2.43 bits per heavy atom. The number of nitrogens with one attached hydrogen (secondary N) is 1. The quantitative estimate of drug-likeness (QED) is 0.877. The van der Waals surface area contributed by atoms with Crippen molar-refractivity contribution in [2.24, 2.45) is 5.92 Å². The molecule has 1 aliphatic rings. The molecule has 0 bridgehead atoms. The van der Waals surface area contributed by atoms with E-state index in [1.165, 1.54) is 12.1 Å². The van der Waals surface area contributed by atoms with E-state index in [-0.39, 0.29) is 23.7 Å². The van der Waals surface area contributed by atoms with Crippen molar-refractivity contribution in [1.82, 2.24) is 5.32 Å². The molecule has 0 spiro atoms. The van der Waals surface area contributed by atoms with E-state index in [1.54, 1.807) is 12.1 Å². The van der Waals surface area contributed by atoms with Crippen LogP contribution in [-0.2, 0) is 9.53 Å². The Kier molecular flexibility index (Phi) is 5.99. The van der Waals surface area contributed by atoms with Gasteiger partial charge in [-0.25, -0.2) is 4.39 Å². The molecular formula is C16H22FNO3. The summed E-state index contributed by atoms with van der Waals surface area (Å²) in [4.78, 5) is 12.0. The van der Waals surface area contributed by atoms with Crippen LogP contribution in [0.3, 0.4) is 0 Å². The zero-order chi connectivity index (χ0) is 15.1. The van der Waals surface area contributed by atoms with Crippen molar-refractivity contribution in [3.05, 3.63) is 30.1 Å². The Bertz CT molecular complexity index is 461. The molecule has 0 aromatic heterocycles. The lowest BCUT2D eigenvalue weighted by Crippen LogP contribution is -2.40. The summed E-state index contributed by atoms with van der Waals surface area (Å²) in [5.74, 6) is 0.101. The fourth-order valence-corrected chi connectivity index (χ4v) is 2.31. The van der Waals surface area contributed by atoms with Crippen LogP contribution in [0.1, 0.15) is 26.2 Å². The molecule has 116 valence electrons. The van der Waals surface area contributed by atoms with Crippen LogP contribution in [0.5, 0.6) is 5.75 Å². The maximum Gasteiger partial charge on any atom is 0.225 e. The number of hydrogen-bond donors (Lipinski definition) is 1. The number of amides is 1. The third kappa shape index (κ3) is 5.01.